The molecule has 5 nitrogen and oxygen atoms in total. The fourth-order valence-corrected chi connectivity index (χ4v) is 4.57. The first-order chi connectivity index (χ1) is 8.13. The predicted octanol–water partition coefficient (Wildman–Crippen LogP) is 0.744. The molecule has 0 bridgehead atoms. The molecular formula is C11H21ClN2O3S. The van der Waals surface area contributed by atoms with Gasteiger partial charge >= 0.3 is 0 Å². The van der Waals surface area contributed by atoms with Crippen molar-refractivity contribution in [2.45, 2.75) is 26.3 Å². The van der Waals surface area contributed by atoms with Crippen LogP contribution in [0.25, 0.3) is 0 Å². The monoisotopic (exact) mass is 296 g/mol. The number of carbonyl (C=O) groups is 1. The Kier molecular flexibility index (Phi) is 4.67. The van der Waals surface area contributed by atoms with Crippen LogP contribution < -0.4 is 0 Å². The summed E-state index contributed by atoms with van der Waals surface area (Å²) in [7, 11) is -1.77. The SMILES string of the molecule is CC(CCl)CS(=O)(=O)N1CCN(C)C(=O)C1(C)C. The molecule has 0 aliphatic carbocycles. The minimum absolute atomic E-state index is 0.0169. The zero-order valence-electron chi connectivity index (χ0n) is 11.3. The molecule has 1 heterocycles. The molecule has 1 saturated heterocycles. The summed E-state index contributed by atoms with van der Waals surface area (Å²) in [5.74, 6) is -0.0174. The fourth-order valence-electron chi connectivity index (χ4n) is 2.18. The standard InChI is InChI=1S/C11H21ClN2O3S/c1-9(7-12)8-18(16,17)14-6-5-13(4)10(15)11(14,2)3/h9H,5-8H2,1-4H3. The summed E-state index contributed by atoms with van der Waals surface area (Å²) in [5, 5.41) is 0. The van der Waals surface area contributed by atoms with Crippen LogP contribution in [0.4, 0.5) is 0 Å². The van der Waals surface area contributed by atoms with Crippen molar-refractivity contribution in [1.29, 1.82) is 0 Å². The summed E-state index contributed by atoms with van der Waals surface area (Å²) >= 11 is 5.66. The van der Waals surface area contributed by atoms with Crippen molar-refractivity contribution in [3.05, 3.63) is 0 Å². The Morgan fingerprint density at radius 2 is 1.94 bits per heavy atom. The second-order valence-corrected chi connectivity index (χ2v) is 7.64. The number of hydrogen-bond acceptors (Lipinski definition) is 3. The molecule has 1 aliphatic heterocycles. The van der Waals surface area contributed by atoms with Gasteiger partial charge in [-0.05, 0) is 19.8 Å². The van der Waals surface area contributed by atoms with E-state index >= 15 is 0 Å². The van der Waals surface area contributed by atoms with Crippen LogP contribution in [0.5, 0.6) is 0 Å². The highest BCUT2D eigenvalue weighted by atomic mass is 35.5. The number of sulfonamides is 1. The average Bonchev–Trinajstić information content (AvgIpc) is 2.24. The Hall–Kier alpha value is -0.330. The van der Waals surface area contributed by atoms with Crippen molar-refractivity contribution in [2.24, 2.45) is 5.92 Å². The van der Waals surface area contributed by atoms with Crippen molar-refractivity contribution in [2.75, 3.05) is 31.8 Å². The molecule has 0 radical (unpaired) electrons. The maximum Gasteiger partial charge on any atom is 0.243 e. The second-order valence-electron chi connectivity index (χ2n) is 5.40. The number of nitrogens with zero attached hydrogens (tertiary/aromatic N) is 2. The summed E-state index contributed by atoms with van der Waals surface area (Å²) in [6.07, 6.45) is 0. The van der Waals surface area contributed by atoms with Crippen molar-refractivity contribution in [3.63, 3.8) is 0 Å². The van der Waals surface area contributed by atoms with Crippen molar-refractivity contribution in [3.8, 4) is 0 Å². The normalized spacial score (nSPS) is 23.2. The Morgan fingerprint density at radius 1 is 1.39 bits per heavy atom. The van der Waals surface area contributed by atoms with E-state index < -0.39 is 15.6 Å². The maximum absolute atomic E-state index is 12.3. The third-order valence-corrected chi connectivity index (χ3v) is 6.05. The number of carbonyl (C=O) groups excluding carboxylic acids is 1. The van der Waals surface area contributed by atoms with Crippen molar-refractivity contribution >= 4 is 27.5 Å². The number of likely N-dealkylation sites (N-methyl/N-ethyl adjacent to an activating group) is 1. The number of amides is 1. The molecule has 0 aromatic heterocycles. The highest BCUT2D eigenvalue weighted by Crippen LogP contribution is 2.26. The highest BCUT2D eigenvalue weighted by Gasteiger charge is 2.46. The van der Waals surface area contributed by atoms with Crippen LogP contribution in [0.15, 0.2) is 0 Å². The molecule has 1 aliphatic rings. The molecule has 7 heteroatoms. The Morgan fingerprint density at radius 3 is 2.44 bits per heavy atom. The molecule has 1 amide bonds. The first-order valence-corrected chi connectivity index (χ1v) is 8.09. The number of halogens is 1. The smallest absolute Gasteiger partial charge is 0.243 e. The van der Waals surface area contributed by atoms with Gasteiger partial charge in [-0.15, -0.1) is 11.6 Å². The first kappa shape index (κ1) is 15.7. The van der Waals surface area contributed by atoms with Gasteiger partial charge in [0.25, 0.3) is 0 Å². The lowest BCUT2D eigenvalue weighted by Crippen LogP contribution is -2.64. The van der Waals surface area contributed by atoms with E-state index in [-0.39, 0.29) is 17.6 Å². The largest absolute Gasteiger partial charge is 0.343 e. The van der Waals surface area contributed by atoms with Crippen LogP contribution in [0, 0.1) is 5.92 Å². The molecule has 18 heavy (non-hydrogen) atoms. The topological polar surface area (TPSA) is 57.7 Å². The zero-order valence-corrected chi connectivity index (χ0v) is 12.9. The van der Waals surface area contributed by atoms with Gasteiger partial charge < -0.3 is 4.90 Å². The molecular weight excluding hydrogens is 276 g/mol. The van der Waals surface area contributed by atoms with E-state index in [0.29, 0.717) is 19.0 Å². The Labute approximate surface area is 114 Å². The van der Waals surface area contributed by atoms with Gasteiger partial charge in [0.15, 0.2) is 0 Å². The molecule has 0 aromatic carbocycles. The van der Waals surface area contributed by atoms with E-state index in [1.54, 1.807) is 32.7 Å². The van der Waals surface area contributed by atoms with Crippen LogP contribution in [0.3, 0.4) is 0 Å². The van der Waals surface area contributed by atoms with Gasteiger partial charge in [0.1, 0.15) is 5.54 Å². The number of piperazine rings is 1. The van der Waals surface area contributed by atoms with E-state index in [1.807, 2.05) is 0 Å². The molecule has 1 unspecified atom stereocenters. The molecule has 106 valence electrons. The number of rotatable bonds is 4. The summed E-state index contributed by atoms with van der Waals surface area (Å²) in [4.78, 5) is 13.6. The number of hydrogen-bond donors (Lipinski definition) is 0. The van der Waals surface area contributed by atoms with Crippen molar-refractivity contribution in [1.82, 2.24) is 9.21 Å². The minimum Gasteiger partial charge on any atom is -0.343 e. The van der Waals surface area contributed by atoms with Gasteiger partial charge in [-0.1, -0.05) is 6.92 Å². The summed E-state index contributed by atoms with van der Waals surface area (Å²) in [6.45, 7) is 5.85. The molecule has 0 N–H and O–H groups in total. The lowest BCUT2D eigenvalue weighted by molar-refractivity contribution is -0.142. The lowest BCUT2D eigenvalue weighted by atomic mass is 10.0. The van der Waals surface area contributed by atoms with E-state index in [4.69, 9.17) is 11.6 Å². The average molecular weight is 297 g/mol. The third kappa shape index (κ3) is 2.97. The molecule has 1 atom stereocenters. The first-order valence-electron chi connectivity index (χ1n) is 5.95. The predicted molar refractivity (Wildman–Crippen MR) is 72.1 cm³/mol. The fraction of sp³-hybridized carbons (Fsp3) is 0.909. The molecule has 1 rings (SSSR count). The highest BCUT2D eigenvalue weighted by molar-refractivity contribution is 7.89. The Bertz CT molecular complexity index is 422. The molecule has 0 aromatic rings. The molecule has 1 fully saturated rings. The van der Waals surface area contributed by atoms with Gasteiger partial charge in [0.05, 0.1) is 5.75 Å². The van der Waals surface area contributed by atoms with Gasteiger partial charge in [0, 0.05) is 26.0 Å². The third-order valence-electron chi connectivity index (χ3n) is 3.23. The van der Waals surface area contributed by atoms with E-state index in [2.05, 4.69) is 0 Å². The van der Waals surface area contributed by atoms with Crippen LogP contribution in [-0.4, -0.2) is 60.8 Å². The maximum atomic E-state index is 12.3. The summed E-state index contributed by atoms with van der Waals surface area (Å²) in [5.41, 5.74) is -1.02. The van der Waals surface area contributed by atoms with Crippen LogP contribution >= 0.6 is 11.6 Å². The van der Waals surface area contributed by atoms with Crippen LogP contribution in [-0.2, 0) is 14.8 Å². The lowest BCUT2D eigenvalue weighted by Gasteiger charge is -2.43. The van der Waals surface area contributed by atoms with Gasteiger partial charge in [0.2, 0.25) is 15.9 Å². The van der Waals surface area contributed by atoms with Crippen LogP contribution in [0.2, 0.25) is 0 Å². The van der Waals surface area contributed by atoms with Gasteiger partial charge in [-0.25, -0.2) is 8.42 Å². The molecule has 0 saturated carbocycles. The van der Waals surface area contributed by atoms with Gasteiger partial charge in [-0.2, -0.15) is 4.31 Å². The van der Waals surface area contributed by atoms with Gasteiger partial charge in [-0.3, -0.25) is 4.79 Å². The van der Waals surface area contributed by atoms with E-state index in [0.717, 1.165) is 0 Å². The Balaban J connectivity index is 2.98. The van der Waals surface area contributed by atoms with Crippen molar-refractivity contribution < 1.29 is 13.2 Å². The van der Waals surface area contributed by atoms with E-state index in [9.17, 15) is 13.2 Å². The summed E-state index contributed by atoms with van der Waals surface area (Å²) < 4.78 is 25.9. The zero-order chi connectivity index (χ0) is 14.1. The van der Waals surface area contributed by atoms with E-state index in [1.165, 1.54) is 4.31 Å². The number of alkyl halides is 1. The minimum atomic E-state index is -3.46. The van der Waals surface area contributed by atoms with Crippen LogP contribution in [0.1, 0.15) is 20.8 Å². The molecule has 0 spiro atoms. The second kappa shape index (κ2) is 5.35. The quantitative estimate of drug-likeness (QED) is 0.719. The summed E-state index contributed by atoms with van der Waals surface area (Å²) in [6, 6.07) is 0.